The van der Waals surface area contributed by atoms with Crippen LogP contribution >= 0.6 is 0 Å². The van der Waals surface area contributed by atoms with Gasteiger partial charge in [-0.15, -0.1) is 0 Å². The molecule has 0 spiro atoms. The summed E-state index contributed by atoms with van der Waals surface area (Å²) < 4.78 is 7.00. The molecule has 6 nitrogen and oxygen atoms in total. The molecule has 0 bridgehead atoms. The third-order valence-electron chi connectivity index (χ3n) is 5.05. The van der Waals surface area contributed by atoms with Crippen LogP contribution < -0.4 is 15.6 Å². The number of anilines is 1. The van der Waals surface area contributed by atoms with Crippen LogP contribution in [0, 0.1) is 0 Å². The van der Waals surface area contributed by atoms with Crippen molar-refractivity contribution in [2.75, 3.05) is 5.32 Å². The smallest absolute Gasteiger partial charge is 0.267 e. The summed E-state index contributed by atoms with van der Waals surface area (Å²) in [5.41, 5.74) is 0.522. The number of hydrogen-bond donors (Lipinski definition) is 1. The van der Waals surface area contributed by atoms with E-state index in [-0.39, 0.29) is 11.5 Å². The van der Waals surface area contributed by atoms with Crippen molar-refractivity contribution < 1.29 is 9.53 Å². The topological polar surface area (TPSA) is 73.2 Å². The third-order valence-corrected chi connectivity index (χ3v) is 5.05. The van der Waals surface area contributed by atoms with Crippen molar-refractivity contribution in [1.82, 2.24) is 9.78 Å². The Morgan fingerprint density at radius 1 is 0.812 bits per heavy atom. The maximum atomic E-state index is 13.1. The van der Waals surface area contributed by atoms with Crippen LogP contribution in [0.4, 0.5) is 5.69 Å². The summed E-state index contributed by atoms with van der Waals surface area (Å²) in [7, 11) is 0. The molecule has 32 heavy (non-hydrogen) atoms. The molecule has 1 N–H and O–H groups in total. The van der Waals surface area contributed by atoms with Crippen molar-refractivity contribution in [2.45, 2.75) is 19.4 Å². The van der Waals surface area contributed by atoms with Gasteiger partial charge >= 0.3 is 0 Å². The van der Waals surface area contributed by atoms with E-state index in [0.29, 0.717) is 17.1 Å². The first-order valence-electron chi connectivity index (χ1n) is 10.2. The lowest BCUT2D eigenvalue weighted by Gasteiger charge is -2.25. The number of aromatic nitrogens is 2. The molecule has 0 radical (unpaired) electrons. The molecule has 4 aromatic rings. The second-order valence-electron chi connectivity index (χ2n) is 7.79. The van der Waals surface area contributed by atoms with E-state index in [0.717, 1.165) is 11.3 Å². The number of nitrogens with zero attached hydrogens (tertiary/aromatic N) is 2. The Labute approximate surface area is 186 Å². The lowest BCUT2D eigenvalue weighted by molar-refractivity contribution is -0.123. The molecule has 1 heterocycles. The maximum Gasteiger partial charge on any atom is 0.267 e. The van der Waals surface area contributed by atoms with Crippen molar-refractivity contribution >= 4 is 11.6 Å². The number of para-hydroxylation sites is 1. The van der Waals surface area contributed by atoms with Crippen LogP contribution in [0.2, 0.25) is 0 Å². The molecule has 6 heteroatoms. The number of carbonyl (C=O) groups excluding carboxylic acids is 1. The van der Waals surface area contributed by atoms with Gasteiger partial charge in [0.2, 0.25) is 0 Å². The van der Waals surface area contributed by atoms with E-state index in [4.69, 9.17) is 4.74 Å². The summed E-state index contributed by atoms with van der Waals surface area (Å²) in [6, 6.07) is 29.1. The van der Waals surface area contributed by atoms with E-state index in [1.165, 1.54) is 10.7 Å². The first-order chi connectivity index (χ1) is 15.4. The standard InChI is InChI=1S/C26H23N3O3/c1-26(2,29-24(30)18-17-23(28-29)19-9-5-3-6-10-19)25(31)27-20-13-15-22(16-14-20)32-21-11-7-4-8-12-21/h3-18H,1-2H3,(H,27,31). The van der Waals surface area contributed by atoms with E-state index in [1.54, 1.807) is 44.2 Å². The zero-order valence-corrected chi connectivity index (χ0v) is 17.9. The predicted octanol–water partition coefficient (Wildman–Crippen LogP) is 5.08. The minimum absolute atomic E-state index is 0.351. The van der Waals surface area contributed by atoms with E-state index in [1.807, 2.05) is 60.7 Å². The summed E-state index contributed by atoms with van der Waals surface area (Å²) in [6.07, 6.45) is 0. The van der Waals surface area contributed by atoms with Gasteiger partial charge in [-0.3, -0.25) is 9.59 Å². The third kappa shape index (κ3) is 4.59. The molecule has 0 atom stereocenters. The first-order valence-corrected chi connectivity index (χ1v) is 10.2. The Morgan fingerprint density at radius 2 is 1.41 bits per heavy atom. The molecular weight excluding hydrogens is 402 g/mol. The minimum Gasteiger partial charge on any atom is -0.457 e. The zero-order chi connectivity index (χ0) is 22.6. The van der Waals surface area contributed by atoms with Crippen LogP contribution in [0.3, 0.4) is 0 Å². The molecular formula is C26H23N3O3. The Kier molecular flexibility index (Phi) is 5.85. The fourth-order valence-electron chi connectivity index (χ4n) is 3.19. The highest BCUT2D eigenvalue weighted by Crippen LogP contribution is 2.24. The molecule has 1 aromatic heterocycles. The van der Waals surface area contributed by atoms with Gasteiger partial charge in [-0.1, -0.05) is 48.5 Å². The van der Waals surface area contributed by atoms with Crippen molar-refractivity contribution in [1.29, 1.82) is 0 Å². The first kappa shape index (κ1) is 21.1. The van der Waals surface area contributed by atoms with E-state index < -0.39 is 5.54 Å². The highest BCUT2D eigenvalue weighted by molar-refractivity contribution is 5.96. The summed E-state index contributed by atoms with van der Waals surface area (Å²) in [5.74, 6) is 1.03. The Hall–Kier alpha value is -4.19. The monoisotopic (exact) mass is 425 g/mol. The summed E-state index contributed by atoms with van der Waals surface area (Å²) >= 11 is 0. The van der Waals surface area contributed by atoms with Crippen LogP contribution in [-0.4, -0.2) is 15.7 Å². The van der Waals surface area contributed by atoms with Crippen LogP contribution in [0.1, 0.15) is 13.8 Å². The molecule has 0 aliphatic heterocycles. The van der Waals surface area contributed by atoms with Gasteiger partial charge < -0.3 is 10.1 Å². The van der Waals surface area contributed by atoms with E-state index in [9.17, 15) is 9.59 Å². The van der Waals surface area contributed by atoms with Gasteiger partial charge in [0.15, 0.2) is 0 Å². The Morgan fingerprint density at radius 3 is 2.06 bits per heavy atom. The quantitative estimate of drug-likeness (QED) is 0.468. The average molecular weight is 425 g/mol. The fourth-order valence-corrected chi connectivity index (χ4v) is 3.19. The number of benzene rings is 3. The van der Waals surface area contributed by atoms with Crippen LogP contribution in [-0.2, 0) is 10.3 Å². The number of nitrogens with one attached hydrogen (secondary N) is 1. The molecule has 0 saturated carbocycles. The van der Waals surface area contributed by atoms with Gasteiger partial charge in [-0.2, -0.15) is 5.10 Å². The second kappa shape index (κ2) is 8.89. The maximum absolute atomic E-state index is 13.1. The average Bonchev–Trinajstić information content (AvgIpc) is 2.82. The van der Waals surface area contributed by atoms with Crippen molar-refractivity contribution in [3.63, 3.8) is 0 Å². The van der Waals surface area contributed by atoms with Crippen molar-refractivity contribution in [2.24, 2.45) is 0 Å². The lowest BCUT2D eigenvalue weighted by atomic mass is 10.0. The van der Waals surface area contributed by atoms with Gasteiger partial charge in [0.25, 0.3) is 11.5 Å². The van der Waals surface area contributed by atoms with Crippen LogP contribution in [0.5, 0.6) is 11.5 Å². The molecule has 0 aliphatic carbocycles. The summed E-state index contributed by atoms with van der Waals surface area (Å²) in [5, 5.41) is 7.33. The lowest BCUT2D eigenvalue weighted by Crippen LogP contribution is -2.47. The van der Waals surface area contributed by atoms with Gasteiger partial charge in [0.05, 0.1) is 5.69 Å². The molecule has 1 amide bonds. The SMILES string of the molecule is CC(C)(C(=O)Nc1ccc(Oc2ccccc2)cc1)n1nc(-c2ccccc2)ccc1=O. The molecule has 0 fully saturated rings. The highest BCUT2D eigenvalue weighted by atomic mass is 16.5. The molecule has 0 saturated heterocycles. The number of carbonyl (C=O) groups is 1. The number of hydrogen-bond acceptors (Lipinski definition) is 4. The van der Waals surface area contributed by atoms with Gasteiger partial charge in [-0.25, -0.2) is 4.68 Å². The summed E-state index contributed by atoms with van der Waals surface area (Å²) in [6.45, 7) is 3.33. The van der Waals surface area contributed by atoms with Gasteiger partial charge in [0, 0.05) is 17.3 Å². The van der Waals surface area contributed by atoms with E-state index >= 15 is 0 Å². The second-order valence-corrected chi connectivity index (χ2v) is 7.79. The number of amides is 1. The summed E-state index contributed by atoms with van der Waals surface area (Å²) in [4.78, 5) is 25.6. The van der Waals surface area contributed by atoms with Crippen LogP contribution in [0.15, 0.2) is 102 Å². The zero-order valence-electron chi connectivity index (χ0n) is 17.9. The van der Waals surface area contributed by atoms with E-state index in [2.05, 4.69) is 10.4 Å². The van der Waals surface area contributed by atoms with Gasteiger partial charge in [0.1, 0.15) is 17.0 Å². The van der Waals surface area contributed by atoms with Gasteiger partial charge in [-0.05, 0) is 56.3 Å². The van der Waals surface area contributed by atoms with Crippen LogP contribution in [0.25, 0.3) is 11.3 Å². The predicted molar refractivity (Wildman–Crippen MR) is 125 cm³/mol. The minimum atomic E-state index is -1.21. The largest absolute Gasteiger partial charge is 0.457 e. The molecule has 160 valence electrons. The van der Waals surface area contributed by atoms with Crippen molar-refractivity contribution in [3.05, 3.63) is 107 Å². The number of ether oxygens (including phenoxy) is 1. The molecule has 0 unspecified atom stereocenters. The Balaban J connectivity index is 1.52. The molecule has 0 aliphatic rings. The normalized spacial score (nSPS) is 11.1. The molecule has 3 aromatic carbocycles. The van der Waals surface area contributed by atoms with Crippen molar-refractivity contribution in [3.8, 4) is 22.8 Å². The Bertz CT molecular complexity index is 1270. The fraction of sp³-hybridized carbons (Fsp3) is 0.115. The molecule has 4 rings (SSSR count). The number of rotatable bonds is 6. The highest BCUT2D eigenvalue weighted by Gasteiger charge is 2.32.